The number of aryl methyl sites for hydroxylation is 1. The van der Waals surface area contributed by atoms with E-state index >= 15 is 4.39 Å². The molecule has 10 nitrogen and oxygen atoms in total. The van der Waals surface area contributed by atoms with Gasteiger partial charge in [-0.05, 0) is 80.0 Å². The fourth-order valence-electron chi connectivity index (χ4n) is 5.88. The third-order valence-corrected chi connectivity index (χ3v) is 10.5. The summed E-state index contributed by atoms with van der Waals surface area (Å²) >= 11 is 4.97. The predicted molar refractivity (Wildman–Crippen MR) is 179 cm³/mol. The maximum atomic E-state index is 15.6. The highest BCUT2D eigenvalue weighted by Gasteiger charge is 2.46. The number of rotatable bonds is 13. The molecule has 12 heteroatoms. The van der Waals surface area contributed by atoms with Crippen LogP contribution in [-0.4, -0.2) is 56.8 Å². The zero-order chi connectivity index (χ0) is 33.9. The van der Waals surface area contributed by atoms with Crippen molar-refractivity contribution in [1.82, 2.24) is 25.7 Å². The molecule has 2 aliphatic rings. The Kier molecular flexibility index (Phi) is 10.9. The Morgan fingerprint density at radius 3 is 2.24 bits per heavy atom. The number of halogens is 1. The second kappa shape index (κ2) is 14.1. The van der Waals surface area contributed by atoms with Gasteiger partial charge in [0.25, 0.3) is 5.91 Å². The van der Waals surface area contributed by atoms with Crippen LogP contribution in [0.5, 0.6) is 0 Å². The normalized spacial score (nSPS) is 19.7. The number of nitrogens with zero attached hydrogens (tertiary/aromatic N) is 2. The summed E-state index contributed by atoms with van der Waals surface area (Å²) in [5.74, 6) is -2.89. The van der Waals surface area contributed by atoms with Crippen molar-refractivity contribution in [1.29, 1.82) is 0 Å². The van der Waals surface area contributed by atoms with E-state index in [1.165, 1.54) is 18.3 Å². The van der Waals surface area contributed by atoms with Crippen molar-refractivity contribution >= 4 is 41.9 Å². The Morgan fingerprint density at radius 2 is 1.65 bits per heavy atom. The van der Waals surface area contributed by atoms with Gasteiger partial charge < -0.3 is 21.3 Å². The molecule has 4 N–H and O–H groups in total. The van der Waals surface area contributed by atoms with E-state index in [0.717, 1.165) is 25.7 Å². The summed E-state index contributed by atoms with van der Waals surface area (Å²) in [6, 6.07) is 3.99. The number of nitrogens with one attached hydrogen (secondary N) is 4. The molecule has 0 saturated heterocycles. The maximum absolute atomic E-state index is 15.6. The van der Waals surface area contributed by atoms with Crippen LogP contribution in [0.15, 0.2) is 30.5 Å². The molecule has 0 aliphatic heterocycles. The molecule has 46 heavy (non-hydrogen) atoms. The zero-order valence-electron chi connectivity index (χ0n) is 27.8. The molecule has 1 heterocycles. The summed E-state index contributed by atoms with van der Waals surface area (Å²) in [5.41, 5.74) is 0.906. The lowest BCUT2D eigenvalue weighted by Crippen LogP contribution is -2.58. The Bertz CT molecular complexity index is 1440. The van der Waals surface area contributed by atoms with Gasteiger partial charge in [-0.1, -0.05) is 40.7 Å². The van der Waals surface area contributed by atoms with Gasteiger partial charge >= 0.3 is 0 Å². The fourth-order valence-corrected chi connectivity index (χ4v) is 6.29. The summed E-state index contributed by atoms with van der Waals surface area (Å²) in [6.07, 6.45) is 6.59. The SMILES string of the molecule is CCC(=O)N[C@@H](C(=O)NCC1(C)CC1)[C@@H](C)c1ccc(NC(=O)[C@@H](NC(=O)c2ccnn2CC)C2(S)CCC(C)(C)CC2)c(F)c1. The molecular formula is C34H49FN6O4S. The van der Waals surface area contributed by atoms with Crippen LogP contribution in [0.25, 0.3) is 0 Å². The lowest BCUT2D eigenvalue weighted by atomic mass is 9.70. The van der Waals surface area contributed by atoms with Gasteiger partial charge in [-0.15, -0.1) is 0 Å². The number of carbonyl (C=O) groups excluding carboxylic acids is 4. The quantitative estimate of drug-likeness (QED) is 0.194. The lowest BCUT2D eigenvalue weighted by molar-refractivity contribution is -0.129. The third kappa shape index (κ3) is 8.49. The Morgan fingerprint density at radius 1 is 0.978 bits per heavy atom. The standard InChI is InChI=1S/C34H49FN6O4S/c1-7-26(42)39-27(30(44)36-20-33(6)14-15-33)21(3)22-9-10-24(23(35)19-22)38-31(45)28(34(46)16-12-32(4,5)13-17-34)40-29(43)25-11-18-37-41(25)8-2/h9-11,18-19,21,27-28,46H,7-8,12-17,20H2,1-6H3,(H,36,44)(H,38,45)(H,39,42)(H,40,43)/t21-,27+,28+/m0/s1. The van der Waals surface area contributed by atoms with Crippen molar-refractivity contribution in [3.8, 4) is 0 Å². The highest BCUT2D eigenvalue weighted by molar-refractivity contribution is 7.82. The summed E-state index contributed by atoms with van der Waals surface area (Å²) in [4.78, 5) is 52.7. The summed E-state index contributed by atoms with van der Waals surface area (Å²) < 4.78 is 16.3. The number of hydrogen-bond donors (Lipinski definition) is 5. The second-order valence-electron chi connectivity index (χ2n) is 14.2. The molecule has 1 aromatic heterocycles. The number of thiol groups is 1. The van der Waals surface area contributed by atoms with Crippen LogP contribution < -0.4 is 21.3 Å². The van der Waals surface area contributed by atoms with Crippen LogP contribution >= 0.6 is 12.6 Å². The van der Waals surface area contributed by atoms with Gasteiger partial charge in [0.15, 0.2) is 0 Å². The fraction of sp³-hybridized carbons (Fsp3) is 0.618. The number of aromatic nitrogens is 2. The molecule has 0 spiro atoms. The number of benzene rings is 1. The third-order valence-electron chi connectivity index (χ3n) is 9.78. The largest absolute Gasteiger partial charge is 0.354 e. The molecule has 1 aromatic carbocycles. The van der Waals surface area contributed by atoms with Crippen LogP contribution in [0, 0.1) is 16.6 Å². The van der Waals surface area contributed by atoms with Crippen molar-refractivity contribution in [3.63, 3.8) is 0 Å². The molecule has 0 bridgehead atoms. The lowest BCUT2D eigenvalue weighted by Gasteiger charge is -2.44. The summed E-state index contributed by atoms with van der Waals surface area (Å²) in [5, 5.41) is 15.5. The topological polar surface area (TPSA) is 134 Å². The van der Waals surface area contributed by atoms with E-state index in [0.29, 0.717) is 37.2 Å². The van der Waals surface area contributed by atoms with Gasteiger partial charge in [-0.3, -0.25) is 23.9 Å². The second-order valence-corrected chi connectivity index (χ2v) is 15.0. The molecule has 2 aromatic rings. The van der Waals surface area contributed by atoms with Crippen molar-refractivity contribution in [2.75, 3.05) is 11.9 Å². The van der Waals surface area contributed by atoms with Crippen LogP contribution in [0.3, 0.4) is 0 Å². The molecule has 0 radical (unpaired) electrons. The minimum atomic E-state index is -1.05. The first-order valence-corrected chi connectivity index (χ1v) is 16.8. The van der Waals surface area contributed by atoms with E-state index in [9.17, 15) is 19.2 Å². The van der Waals surface area contributed by atoms with Gasteiger partial charge in [-0.25, -0.2) is 4.39 Å². The molecule has 2 fully saturated rings. The van der Waals surface area contributed by atoms with Gasteiger partial charge in [0, 0.05) is 36.4 Å². The van der Waals surface area contributed by atoms with Crippen molar-refractivity contribution in [2.45, 2.75) is 116 Å². The molecule has 3 atom stereocenters. The van der Waals surface area contributed by atoms with E-state index in [1.54, 1.807) is 30.7 Å². The van der Waals surface area contributed by atoms with Gasteiger partial charge in [0.05, 0.1) is 5.69 Å². The minimum Gasteiger partial charge on any atom is -0.354 e. The Balaban J connectivity index is 1.54. The summed E-state index contributed by atoms with van der Waals surface area (Å²) in [7, 11) is 0. The van der Waals surface area contributed by atoms with Crippen molar-refractivity contribution in [3.05, 3.63) is 47.5 Å². The van der Waals surface area contributed by atoms with E-state index in [4.69, 9.17) is 12.6 Å². The number of hydrogen-bond acceptors (Lipinski definition) is 6. The van der Waals surface area contributed by atoms with Gasteiger partial charge in [0.2, 0.25) is 17.7 Å². The Labute approximate surface area is 276 Å². The van der Waals surface area contributed by atoms with Crippen molar-refractivity contribution in [2.24, 2.45) is 10.8 Å². The predicted octanol–water partition coefficient (Wildman–Crippen LogP) is 4.96. The number of carbonyl (C=O) groups is 4. The van der Waals surface area contributed by atoms with Crippen LogP contribution in [-0.2, 0) is 20.9 Å². The minimum absolute atomic E-state index is 0.0628. The smallest absolute Gasteiger partial charge is 0.270 e. The molecular weight excluding hydrogens is 607 g/mol. The summed E-state index contributed by atoms with van der Waals surface area (Å²) in [6.45, 7) is 12.8. The number of anilines is 1. The van der Waals surface area contributed by atoms with E-state index in [1.807, 2.05) is 6.92 Å². The maximum Gasteiger partial charge on any atom is 0.270 e. The molecule has 2 aliphatic carbocycles. The average Bonchev–Trinajstić information content (AvgIpc) is 3.56. The Hall–Kier alpha value is -3.41. The van der Waals surface area contributed by atoms with Gasteiger partial charge in [0.1, 0.15) is 23.6 Å². The van der Waals surface area contributed by atoms with E-state index < -0.39 is 40.4 Å². The zero-order valence-corrected chi connectivity index (χ0v) is 28.7. The van der Waals surface area contributed by atoms with Crippen LogP contribution in [0.4, 0.5) is 10.1 Å². The molecule has 4 rings (SSSR count). The van der Waals surface area contributed by atoms with E-state index in [2.05, 4.69) is 47.1 Å². The highest BCUT2D eigenvalue weighted by Crippen LogP contribution is 2.46. The molecule has 4 amide bonds. The highest BCUT2D eigenvalue weighted by atomic mass is 32.1. The molecule has 0 unspecified atom stereocenters. The van der Waals surface area contributed by atoms with Gasteiger partial charge in [-0.2, -0.15) is 17.7 Å². The first kappa shape index (κ1) is 35.4. The van der Waals surface area contributed by atoms with Crippen LogP contribution in [0.1, 0.15) is 108 Å². The first-order valence-electron chi connectivity index (χ1n) is 16.3. The van der Waals surface area contributed by atoms with E-state index in [-0.39, 0.29) is 34.8 Å². The average molecular weight is 657 g/mol. The molecule has 252 valence electrons. The van der Waals surface area contributed by atoms with Crippen LogP contribution in [0.2, 0.25) is 0 Å². The van der Waals surface area contributed by atoms with Crippen molar-refractivity contribution < 1.29 is 23.6 Å². The number of amides is 4. The first-order chi connectivity index (χ1) is 21.6. The monoisotopic (exact) mass is 656 g/mol. The molecule has 2 saturated carbocycles.